The molecular formula is C13H27N3O3. The fourth-order valence-corrected chi connectivity index (χ4v) is 1.62. The molecule has 0 aliphatic heterocycles. The minimum absolute atomic E-state index is 0.0989. The van der Waals surface area contributed by atoms with E-state index in [9.17, 15) is 14.7 Å². The molecule has 0 aromatic carbocycles. The van der Waals surface area contributed by atoms with Crippen LogP contribution in [-0.4, -0.2) is 53.7 Å². The van der Waals surface area contributed by atoms with Crippen molar-refractivity contribution in [1.82, 2.24) is 15.5 Å². The molecule has 0 spiro atoms. The van der Waals surface area contributed by atoms with E-state index in [1.165, 1.54) is 0 Å². The van der Waals surface area contributed by atoms with Crippen LogP contribution < -0.4 is 10.6 Å². The summed E-state index contributed by atoms with van der Waals surface area (Å²) in [5, 5.41) is 14.6. The molecule has 0 aromatic rings. The summed E-state index contributed by atoms with van der Waals surface area (Å²) in [4.78, 5) is 24.8. The number of carbonyl (C=O) groups excluding carboxylic acids is 2. The van der Waals surface area contributed by atoms with Gasteiger partial charge in [0.1, 0.15) is 0 Å². The van der Waals surface area contributed by atoms with Gasteiger partial charge in [-0.25, -0.2) is 4.79 Å². The number of likely N-dealkylation sites (N-methyl/N-ethyl adjacent to an activating group) is 1. The van der Waals surface area contributed by atoms with E-state index in [0.29, 0.717) is 19.6 Å². The van der Waals surface area contributed by atoms with Gasteiger partial charge in [0.05, 0.1) is 12.1 Å². The van der Waals surface area contributed by atoms with Gasteiger partial charge in [0.2, 0.25) is 5.91 Å². The van der Waals surface area contributed by atoms with Crippen LogP contribution >= 0.6 is 0 Å². The van der Waals surface area contributed by atoms with Crippen LogP contribution in [0.4, 0.5) is 4.79 Å². The van der Waals surface area contributed by atoms with Gasteiger partial charge in [-0.2, -0.15) is 0 Å². The molecule has 0 atom stereocenters. The Balaban J connectivity index is 4.03. The van der Waals surface area contributed by atoms with E-state index in [0.717, 1.165) is 12.8 Å². The van der Waals surface area contributed by atoms with Gasteiger partial charge in [-0.1, -0.05) is 20.3 Å². The summed E-state index contributed by atoms with van der Waals surface area (Å²) in [6.07, 6.45) is 1.88. The highest BCUT2D eigenvalue weighted by Crippen LogP contribution is 2.04. The molecule has 19 heavy (non-hydrogen) atoms. The molecule has 3 N–H and O–H groups in total. The Morgan fingerprint density at radius 2 is 1.89 bits per heavy atom. The molecule has 3 amide bonds. The molecule has 0 unspecified atom stereocenters. The Bertz CT molecular complexity index is 287. The summed E-state index contributed by atoms with van der Waals surface area (Å²) in [6.45, 7) is 8.98. The first-order valence-electron chi connectivity index (χ1n) is 6.81. The van der Waals surface area contributed by atoms with E-state index in [1.54, 1.807) is 18.7 Å². The summed E-state index contributed by atoms with van der Waals surface area (Å²) in [7, 11) is 0. The van der Waals surface area contributed by atoms with Crippen LogP contribution in [0.5, 0.6) is 0 Å². The van der Waals surface area contributed by atoms with E-state index in [4.69, 9.17) is 0 Å². The molecule has 0 heterocycles. The van der Waals surface area contributed by atoms with Crippen molar-refractivity contribution in [2.75, 3.05) is 26.2 Å². The monoisotopic (exact) mass is 273 g/mol. The zero-order valence-electron chi connectivity index (χ0n) is 12.5. The fourth-order valence-electron chi connectivity index (χ4n) is 1.62. The highest BCUT2D eigenvalue weighted by Gasteiger charge is 2.19. The normalized spacial score (nSPS) is 11.5. The molecule has 0 aromatic heterocycles. The van der Waals surface area contributed by atoms with Crippen LogP contribution in [-0.2, 0) is 4.79 Å². The smallest absolute Gasteiger partial charge is 0.321 e. The number of amides is 3. The topological polar surface area (TPSA) is 81.7 Å². The number of urea groups is 1. The molecule has 0 aliphatic carbocycles. The Labute approximate surface area is 115 Å². The summed E-state index contributed by atoms with van der Waals surface area (Å²) in [5.41, 5.74) is -0.861. The van der Waals surface area contributed by atoms with Crippen LogP contribution in [0, 0.1) is 0 Å². The van der Waals surface area contributed by atoms with Gasteiger partial charge < -0.3 is 10.4 Å². The molecule has 0 saturated heterocycles. The lowest BCUT2D eigenvalue weighted by Crippen LogP contribution is -2.47. The highest BCUT2D eigenvalue weighted by atomic mass is 16.3. The second-order valence-corrected chi connectivity index (χ2v) is 5.27. The van der Waals surface area contributed by atoms with Crippen LogP contribution in [0.2, 0.25) is 0 Å². The van der Waals surface area contributed by atoms with Gasteiger partial charge in [-0.05, 0) is 26.8 Å². The quantitative estimate of drug-likeness (QED) is 0.569. The number of rotatable bonds is 8. The predicted octanol–water partition coefficient (Wildman–Crippen LogP) is 0.705. The number of nitrogens with one attached hydrogen (secondary N) is 2. The first kappa shape index (κ1) is 17.9. The van der Waals surface area contributed by atoms with Crippen molar-refractivity contribution in [3.05, 3.63) is 0 Å². The molecule has 6 heteroatoms. The van der Waals surface area contributed by atoms with Crippen LogP contribution in [0.15, 0.2) is 0 Å². The van der Waals surface area contributed by atoms with Gasteiger partial charge >= 0.3 is 6.03 Å². The average molecular weight is 273 g/mol. The summed E-state index contributed by atoms with van der Waals surface area (Å²) in [5.74, 6) is -0.361. The second-order valence-electron chi connectivity index (χ2n) is 5.27. The minimum Gasteiger partial charge on any atom is -0.389 e. The van der Waals surface area contributed by atoms with Crippen LogP contribution in [0.3, 0.4) is 0 Å². The Kier molecular flexibility index (Phi) is 8.34. The number of unbranched alkanes of at least 4 members (excludes halogenated alkanes) is 1. The first-order chi connectivity index (χ1) is 8.78. The van der Waals surface area contributed by atoms with Crippen molar-refractivity contribution in [2.45, 2.75) is 46.1 Å². The molecule has 0 radical (unpaired) electrons. The maximum absolute atomic E-state index is 11.6. The third kappa shape index (κ3) is 10.5. The van der Waals surface area contributed by atoms with Crippen molar-refractivity contribution in [3.8, 4) is 0 Å². The van der Waals surface area contributed by atoms with Crippen molar-refractivity contribution in [3.63, 3.8) is 0 Å². The number of carbonyl (C=O) groups is 2. The van der Waals surface area contributed by atoms with Crippen molar-refractivity contribution < 1.29 is 14.7 Å². The molecule has 112 valence electrons. The Morgan fingerprint density at radius 1 is 1.26 bits per heavy atom. The largest absolute Gasteiger partial charge is 0.389 e. The maximum Gasteiger partial charge on any atom is 0.321 e. The van der Waals surface area contributed by atoms with Gasteiger partial charge in [0.15, 0.2) is 0 Å². The minimum atomic E-state index is -0.861. The van der Waals surface area contributed by atoms with Crippen LogP contribution in [0.1, 0.15) is 40.5 Å². The Morgan fingerprint density at radius 3 is 2.37 bits per heavy atom. The number of hydrogen-bond donors (Lipinski definition) is 3. The van der Waals surface area contributed by atoms with E-state index in [-0.39, 0.29) is 12.5 Å². The maximum atomic E-state index is 11.6. The zero-order valence-corrected chi connectivity index (χ0v) is 12.5. The SMILES string of the molecule is CCCCNC(=O)NC(=O)CN(CC)CC(C)(C)O. The van der Waals surface area contributed by atoms with Crippen molar-refractivity contribution >= 4 is 11.9 Å². The number of nitrogens with zero attached hydrogens (tertiary/aromatic N) is 1. The molecule has 0 fully saturated rings. The summed E-state index contributed by atoms with van der Waals surface area (Å²) in [6, 6.07) is -0.460. The predicted molar refractivity (Wildman–Crippen MR) is 74.9 cm³/mol. The number of hydrogen-bond acceptors (Lipinski definition) is 4. The molecule has 0 saturated carbocycles. The van der Waals surface area contributed by atoms with Crippen molar-refractivity contribution in [2.24, 2.45) is 0 Å². The molecular weight excluding hydrogens is 246 g/mol. The third-order valence-corrected chi connectivity index (χ3v) is 2.49. The van der Waals surface area contributed by atoms with E-state index in [1.807, 2.05) is 13.8 Å². The van der Waals surface area contributed by atoms with E-state index in [2.05, 4.69) is 10.6 Å². The van der Waals surface area contributed by atoms with E-state index >= 15 is 0 Å². The lowest BCUT2D eigenvalue weighted by molar-refractivity contribution is -0.121. The standard InChI is InChI=1S/C13H27N3O3/c1-5-7-8-14-12(18)15-11(17)9-16(6-2)10-13(3,4)19/h19H,5-10H2,1-4H3,(H2,14,15,17,18). The number of aliphatic hydroxyl groups is 1. The average Bonchev–Trinajstić information content (AvgIpc) is 2.26. The number of imide groups is 1. The lowest BCUT2D eigenvalue weighted by Gasteiger charge is -2.27. The van der Waals surface area contributed by atoms with Gasteiger partial charge in [0, 0.05) is 13.1 Å². The first-order valence-corrected chi connectivity index (χ1v) is 6.81. The van der Waals surface area contributed by atoms with E-state index < -0.39 is 11.6 Å². The van der Waals surface area contributed by atoms with Gasteiger partial charge in [-0.3, -0.25) is 15.0 Å². The van der Waals surface area contributed by atoms with Crippen LogP contribution in [0.25, 0.3) is 0 Å². The molecule has 0 rings (SSSR count). The fraction of sp³-hybridized carbons (Fsp3) is 0.846. The summed E-state index contributed by atoms with van der Waals surface area (Å²) < 4.78 is 0. The zero-order chi connectivity index (χ0) is 14.9. The van der Waals surface area contributed by atoms with Gasteiger partial charge in [-0.15, -0.1) is 0 Å². The second kappa shape index (κ2) is 8.87. The third-order valence-electron chi connectivity index (χ3n) is 2.49. The van der Waals surface area contributed by atoms with Crippen molar-refractivity contribution in [1.29, 1.82) is 0 Å². The molecule has 0 aliphatic rings. The van der Waals surface area contributed by atoms with Gasteiger partial charge in [0.25, 0.3) is 0 Å². The molecule has 0 bridgehead atoms. The highest BCUT2D eigenvalue weighted by molar-refractivity contribution is 5.95. The Hall–Kier alpha value is -1.14. The lowest BCUT2D eigenvalue weighted by atomic mass is 10.1. The molecule has 6 nitrogen and oxygen atoms in total. The summed E-state index contributed by atoms with van der Waals surface area (Å²) >= 11 is 0.